The van der Waals surface area contributed by atoms with Crippen molar-refractivity contribution >= 4 is 23.3 Å². The summed E-state index contributed by atoms with van der Waals surface area (Å²) >= 11 is 0. The third-order valence-electron chi connectivity index (χ3n) is 5.99. The van der Waals surface area contributed by atoms with E-state index < -0.39 is 16.9 Å². The first-order valence-electron chi connectivity index (χ1n) is 8.97. The Labute approximate surface area is 152 Å². The van der Waals surface area contributed by atoms with E-state index in [1.165, 1.54) is 4.90 Å². The van der Waals surface area contributed by atoms with E-state index >= 15 is 0 Å². The van der Waals surface area contributed by atoms with Crippen LogP contribution in [0.15, 0.2) is 24.3 Å². The Hall–Kier alpha value is -2.68. The number of nitriles is 1. The number of fused-ring (bicyclic) bond motifs is 2. The van der Waals surface area contributed by atoms with Crippen molar-refractivity contribution in [1.82, 2.24) is 4.90 Å². The summed E-state index contributed by atoms with van der Waals surface area (Å²) in [6.45, 7) is 3.41. The van der Waals surface area contributed by atoms with E-state index in [1.807, 2.05) is 24.3 Å². The van der Waals surface area contributed by atoms with Gasteiger partial charge in [-0.25, -0.2) is 0 Å². The first-order valence-corrected chi connectivity index (χ1v) is 8.97. The maximum atomic E-state index is 13.2. The number of para-hydroxylation sites is 1. The molecule has 26 heavy (non-hydrogen) atoms. The SMILES string of the molecule is CC(C)(C(=O)C1CC1)C(=O)N1C[C@]2(CC1C#N)C(=O)Nc1ccccc12. The second-order valence-electron chi connectivity index (χ2n) is 8.13. The lowest BCUT2D eigenvalue weighted by molar-refractivity contribution is -0.148. The van der Waals surface area contributed by atoms with E-state index in [0.29, 0.717) is 0 Å². The van der Waals surface area contributed by atoms with Crippen LogP contribution < -0.4 is 5.32 Å². The van der Waals surface area contributed by atoms with E-state index in [9.17, 15) is 19.6 Å². The molecular weight excluding hydrogens is 330 g/mol. The molecule has 0 bridgehead atoms. The Balaban J connectivity index is 1.69. The number of hydrogen-bond donors (Lipinski definition) is 1. The number of benzene rings is 1. The molecule has 1 aromatic carbocycles. The van der Waals surface area contributed by atoms with E-state index in [-0.39, 0.29) is 36.5 Å². The van der Waals surface area contributed by atoms with Crippen LogP contribution >= 0.6 is 0 Å². The summed E-state index contributed by atoms with van der Waals surface area (Å²) in [4.78, 5) is 40.0. The number of ketones is 1. The third-order valence-corrected chi connectivity index (χ3v) is 5.99. The molecule has 6 nitrogen and oxygen atoms in total. The fourth-order valence-corrected chi connectivity index (χ4v) is 4.29. The first-order chi connectivity index (χ1) is 12.3. The molecular formula is C20H21N3O3. The van der Waals surface area contributed by atoms with Crippen molar-refractivity contribution in [3.8, 4) is 6.07 Å². The van der Waals surface area contributed by atoms with Crippen molar-refractivity contribution in [2.24, 2.45) is 11.3 Å². The van der Waals surface area contributed by atoms with Crippen LogP contribution in [0.1, 0.15) is 38.7 Å². The van der Waals surface area contributed by atoms with Gasteiger partial charge in [0.1, 0.15) is 11.5 Å². The Morgan fingerprint density at radius 2 is 2.00 bits per heavy atom. The van der Waals surface area contributed by atoms with Gasteiger partial charge in [0.25, 0.3) is 0 Å². The predicted molar refractivity (Wildman–Crippen MR) is 94.0 cm³/mol. The highest BCUT2D eigenvalue weighted by Gasteiger charge is 2.58. The molecule has 2 heterocycles. The minimum absolute atomic E-state index is 0.0402. The van der Waals surface area contributed by atoms with Gasteiger partial charge in [-0.15, -0.1) is 0 Å². The van der Waals surface area contributed by atoms with Crippen LogP contribution in [0.2, 0.25) is 0 Å². The average Bonchev–Trinajstić information content (AvgIpc) is 3.35. The zero-order valence-corrected chi connectivity index (χ0v) is 14.9. The number of Topliss-reactive ketones (excluding diaryl/α,β-unsaturated/α-hetero) is 1. The molecule has 1 aromatic rings. The lowest BCUT2D eigenvalue weighted by Crippen LogP contribution is -2.48. The largest absolute Gasteiger partial charge is 0.325 e. The molecule has 1 aliphatic carbocycles. The van der Waals surface area contributed by atoms with Gasteiger partial charge < -0.3 is 10.2 Å². The Morgan fingerprint density at radius 1 is 1.31 bits per heavy atom. The monoisotopic (exact) mass is 351 g/mol. The molecule has 0 aromatic heterocycles. The number of nitrogens with one attached hydrogen (secondary N) is 1. The average molecular weight is 351 g/mol. The Morgan fingerprint density at radius 3 is 2.65 bits per heavy atom. The van der Waals surface area contributed by atoms with Crippen molar-refractivity contribution in [2.75, 3.05) is 11.9 Å². The van der Waals surface area contributed by atoms with E-state index in [4.69, 9.17) is 0 Å². The van der Waals surface area contributed by atoms with Gasteiger partial charge in [-0.2, -0.15) is 5.26 Å². The van der Waals surface area contributed by atoms with Gasteiger partial charge >= 0.3 is 0 Å². The van der Waals surface area contributed by atoms with Crippen molar-refractivity contribution in [1.29, 1.82) is 5.26 Å². The van der Waals surface area contributed by atoms with Gasteiger partial charge in [0, 0.05) is 24.6 Å². The number of carbonyl (C=O) groups excluding carboxylic acids is 3. The highest BCUT2D eigenvalue weighted by molar-refractivity contribution is 6.10. The molecule has 134 valence electrons. The van der Waals surface area contributed by atoms with E-state index in [2.05, 4.69) is 11.4 Å². The molecule has 2 aliphatic heterocycles. The van der Waals surface area contributed by atoms with Crippen LogP contribution in [0, 0.1) is 22.7 Å². The fraction of sp³-hybridized carbons (Fsp3) is 0.500. The maximum Gasteiger partial charge on any atom is 0.237 e. The van der Waals surface area contributed by atoms with Crippen LogP contribution in [0.5, 0.6) is 0 Å². The molecule has 0 radical (unpaired) electrons. The van der Waals surface area contributed by atoms with Gasteiger partial charge in [0.15, 0.2) is 5.78 Å². The topological polar surface area (TPSA) is 90.3 Å². The number of likely N-dealkylation sites (tertiary alicyclic amines) is 1. The minimum Gasteiger partial charge on any atom is -0.325 e. The predicted octanol–water partition coefficient (Wildman–Crippen LogP) is 2.01. The number of nitrogens with zero attached hydrogens (tertiary/aromatic N) is 2. The summed E-state index contributed by atoms with van der Waals surface area (Å²) in [7, 11) is 0. The molecule has 1 unspecified atom stereocenters. The minimum atomic E-state index is -1.17. The standard InChI is InChI=1S/C20H21N3O3/c1-19(2,16(24)12-7-8-12)18(26)23-11-20(9-13(23)10-21)14-5-3-4-6-15(14)22-17(20)25/h3-6,12-13H,7-9,11H2,1-2H3,(H,22,25)/t13?,20-/m0/s1. The molecule has 3 aliphatic rings. The number of rotatable bonds is 3. The second kappa shape index (κ2) is 5.41. The molecule has 2 amide bonds. The summed E-state index contributed by atoms with van der Waals surface area (Å²) in [5.41, 5.74) is -0.523. The lowest BCUT2D eigenvalue weighted by atomic mass is 9.79. The Bertz CT molecular complexity index is 865. The number of amides is 2. The number of anilines is 1. The van der Waals surface area contributed by atoms with Crippen molar-refractivity contribution in [3.05, 3.63) is 29.8 Å². The quantitative estimate of drug-likeness (QED) is 0.844. The van der Waals surface area contributed by atoms with E-state index in [1.54, 1.807) is 13.8 Å². The molecule has 2 fully saturated rings. The van der Waals surface area contributed by atoms with E-state index in [0.717, 1.165) is 24.1 Å². The molecule has 1 N–H and O–H groups in total. The summed E-state index contributed by atoms with van der Waals surface area (Å²) < 4.78 is 0. The summed E-state index contributed by atoms with van der Waals surface area (Å²) in [6, 6.07) is 8.85. The van der Waals surface area contributed by atoms with Crippen LogP contribution in [-0.4, -0.2) is 35.1 Å². The first kappa shape index (κ1) is 16.8. The van der Waals surface area contributed by atoms with Crippen molar-refractivity contribution in [2.45, 2.75) is 44.6 Å². The van der Waals surface area contributed by atoms with Crippen LogP contribution in [0.25, 0.3) is 0 Å². The lowest BCUT2D eigenvalue weighted by Gasteiger charge is -2.30. The molecule has 1 saturated carbocycles. The van der Waals surface area contributed by atoms with Crippen LogP contribution in [0.3, 0.4) is 0 Å². The number of hydrogen-bond acceptors (Lipinski definition) is 4. The molecule has 2 atom stereocenters. The van der Waals surface area contributed by atoms with Crippen LogP contribution in [-0.2, 0) is 19.8 Å². The van der Waals surface area contributed by atoms with Gasteiger partial charge in [-0.1, -0.05) is 18.2 Å². The second-order valence-corrected chi connectivity index (χ2v) is 8.13. The maximum absolute atomic E-state index is 13.2. The highest BCUT2D eigenvalue weighted by atomic mass is 16.2. The van der Waals surface area contributed by atoms with Crippen LogP contribution in [0.4, 0.5) is 5.69 Å². The fourth-order valence-electron chi connectivity index (χ4n) is 4.29. The van der Waals surface area contributed by atoms with Crippen molar-refractivity contribution < 1.29 is 14.4 Å². The van der Waals surface area contributed by atoms with Gasteiger partial charge in [0.2, 0.25) is 11.8 Å². The highest BCUT2D eigenvalue weighted by Crippen LogP contribution is 2.47. The smallest absolute Gasteiger partial charge is 0.237 e. The van der Waals surface area contributed by atoms with Crippen molar-refractivity contribution in [3.63, 3.8) is 0 Å². The molecule has 4 rings (SSSR count). The molecule has 1 spiro atoms. The van der Waals surface area contributed by atoms with Gasteiger partial charge in [-0.05, 0) is 38.3 Å². The van der Waals surface area contributed by atoms with Gasteiger partial charge in [0.05, 0.1) is 11.5 Å². The Kier molecular flexibility index (Phi) is 3.49. The third kappa shape index (κ3) is 2.20. The number of carbonyl (C=O) groups is 3. The van der Waals surface area contributed by atoms with Gasteiger partial charge in [-0.3, -0.25) is 14.4 Å². The zero-order valence-electron chi connectivity index (χ0n) is 14.9. The summed E-state index contributed by atoms with van der Waals surface area (Å²) in [6.07, 6.45) is 1.92. The summed E-state index contributed by atoms with van der Waals surface area (Å²) in [5.74, 6) is -0.631. The normalized spacial score (nSPS) is 27.2. The molecule has 1 saturated heterocycles. The zero-order chi connectivity index (χ0) is 18.7. The summed E-state index contributed by atoms with van der Waals surface area (Å²) in [5, 5.41) is 12.5. The molecule has 6 heteroatoms.